The molecule has 3 aromatic rings. The minimum atomic E-state index is -0.474. The van der Waals surface area contributed by atoms with Gasteiger partial charge in [0.05, 0.1) is 4.92 Å². The Morgan fingerprint density at radius 3 is 2.58 bits per heavy atom. The first-order valence-electron chi connectivity index (χ1n) is 7.26. The van der Waals surface area contributed by atoms with Gasteiger partial charge in [0.1, 0.15) is 5.39 Å². The molecule has 0 bridgehead atoms. The largest absolute Gasteiger partial charge is 0.618 e. The van der Waals surface area contributed by atoms with Crippen molar-refractivity contribution in [3.8, 4) is 22.8 Å². The van der Waals surface area contributed by atoms with Crippen LogP contribution in [0.3, 0.4) is 0 Å². The van der Waals surface area contributed by atoms with Crippen LogP contribution in [0.2, 0.25) is 0 Å². The molecule has 0 amide bonds. The van der Waals surface area contributed by atoms with Crippen molar-refractivity contribution in [1.29, 1.82) is 0 Å². The number of non-ortho nitro benzene ring substituents is 1. The summed E-state index contributed by atoms with van der Waals surface area (Å²) >= 11 is 0. The molecule has 4 rings (SSSR count). The molecule has 0 N–H and O–H groups in total. The number of aryl methyl sites for hydroxylation is 1. The third-order valence-corrected chi connectivity index (χ3v) is 4.05. The first-order valence-corrected chi connectivity index (χ1v) is 7.26. The van der Waals surface area contributed by atoms with E-state index in [9.17, 15) is 15.3 Å². The average molecular weight is 324 g/mol. The first-order chi connectivity index (χ1) is 11.6. The Labute approximate surface area is 136 Å². The fraction of sp³-hybridized carbons (Fsp3) is 0.118. The number of aromatic nitrogens is 1. The van der Waals surface area contributed by atoms with Gasteiger partial charge in [-0.15, -0.1) is 0 Å². The van der Waals surface area contributed by atoms with Crippen LogP contribution in [0.4, 0.5) is 5.69 Å². The Hall–Kier alpha value is -3.35. The summed E-state index contributed by atoms with van der Waals surface area (Å²) in [4.78, 5) is 10.4. The van der Waals surface area contributed by atoms with Crippen LogP contribution < -0.4 is 14.2 Å². The van der Waals surface area contributed by atoms with Gasteiger partial charge in [-0.1, -0.05) is 0 Å². The van der Waals surface area contributed by atoms with E-state index in [-0.39, 0.29) is 12.5 Å². The van der Waals surface area contributed by atoms with E-state index in [1.165, 1.54) is 12.1 Å². The maximum atomic E-state index is 12.7. The van der Waals surface area contributed by atoms with Gasteiger partial charge in [0.2, 0.25) is 12.5 Å². The van der Waals surface area contributed by atoms with Gasteiger partial charge >= 0.3 is 0 Å². The monoisotopic (exact) mass is 324 g/mol. The van der Waals surface area contributed by atoms with Crippen molar-refractivity contribution in [2.45, 2.75) is 6.92 Å². The van der Waals surface area contributed by atoms with E-state index in [4.69, 9.17) is 9.47 Å². The molecule has 0 saturated heterocycles. The number of benzene rings is 2. The van der Waals surface area contributed by atoms with Crippen molar-refractivity contribution in [2.75, 3.05) is 6.79 Å². The Balaban J connectivity index is 2.04. The number of nitro groups is 1. The molecule has 0 unspecified atom stereocenters. The lowest BCUT2D eigenvalue weighted by molar-refractivity contribution is -0.599. The zero-order valence-electron chi connectivity index (χ0n) is 12.7. The summed E-state index contributed by atoms with van der Waals surface area (Å²) in [6.45, 7) is 1.81. The highest BCUT2D eigenvalue weighted by Crippen LogP contribution is 2.42. The minimum absolute atomic E-state index is 0.0297. The van der Waals surface area contributed by atoms with E-state index in [1.807, 2.05) is 6.07 Å². The maximum absolute atomic E-state index is 12.7. The topological polar surface area (TPSA) is 88.5 Å². The van der Waals surface area contributed by atoms with Gasteiger partial charge < -0.3 is 14.7 Å². The van der Waals surface area contributed by atoms with E-state index in [0.29, 0.717) is 33.8 Å². The van der Waals surface area contributed by atoms with Crippen LogP contribution in [0.15, 0.2) is 42.5 Å². The zero-order chi connectivity index (χ0) is 16.8. The molecule has 7 heteroatoms. The molecule has 0 spiro atoms. The summed E-state index contributed by atoms with van der Waals surface area (Å²) in [5.41, 5.74) is 1.46. The van der Waals surface area contributed by atoms with Gasteiger partial charge in [0.15, 0.2) is 17.2 Å². The standard InChI is InChI=1S/C17H12N2O5/c1-10-8-12-4-7-14-17(24-9-23-14)15(12)16(18(10)20)11-2-5-13(6-3-11)19(21)22/h2-8H,9H2,1H3. The Bertz CT molecular complexity index is 983. The quantitative estimate of drug-likeness (QED) is 0.313. The predicted octanol–water partition coefficient (Wildman–Crippen LogP) is 3.09. The molecule has 24 heavy (non-hydrogen) atoms. The van der Waals surface area contributed by atoms with Crippen LogP contribution in [0, 0.1) is 22.2 Å². The lowest BCUT2D eigenvalue weighted by Crippen LogP contribution is -2.33. The summed E-state index contributed by atoms with van der Waals surface area (Å²) in [6, 6.07) is 11.3. The van der Waals surface area contributed by atoms with Gasteiger partial charge in [-0.25, -0.2) is 0 Å². The molecule has 0 radical (unpaired) electrons. The lowest BCUT2D eigenvalue weighted by atomic mass is 10.0. The fourth-order valence-corrected chi connectivity index (χ4v) is 2.92. The molecular formula is C17H12N2O5. The van der Waals surface area contributed by atoms with Crippen LogP contribution in [0.5, 0.6) is 11.5 Å². The van der Waals surface area contributed by atoms with Crippen LogP contribution in [0.1, 0.15) is 5.69 Å². The minimum Gasteiger partial charge on any atom is -0.618 e. The van der Waals surface area contributed by atoms with Crippen molar-refractivity contribution in [2.24, 2.45) is 0 Å². The van der Waals surface area contributed by atoms with Crippen molar-refractivity contribution in [3.05, 3.63) is 63.5 Å². The number of pyridine rings is 1. The molecule has 120 valence electrons. The Kier molecular flexibility index (Phi) is 3.02. The van der Waals surface area contributed by atoms with Crippen LogP contribution in [-0.2, 0) is 0 Å². The Morgan fingerprint density at radius 1 is 1.12 bits per heavy atom. The van der Waals surface area contributed by atoms with Crippen molar-refractivity contribution in [3.63, 3.8) is 0 Å². The van der Waals surface area contributed by atoms with Crippen LogP contribution in [0.25, 0.3) is 22.0 Å². The van der Waals surface area contributed by atoms with Crippen molar-refractivity contribution < 1.29 is 19.1 Å². The normalized spacial score (nSPS) is 12.5. The molecule has 7 nitrogen and oxygen atoms in total. The number of fused-ring (bicyclic) bond motifs is 3. The van der Waals surface area contributed by atoms with Gasteiger partial charge in [-0.3, -0.25) is 10.1 Å². The van der Waals surface area contributed by atoms with Crippen LogP contribution in [-0.4, -0.2) is 11.7 Å². The molecule has 1 aromatic heterocycles. The first kappa shape index (κ1) is 14.3. The number of nitro benzene ring substituents is 1. The fourth-order valence-electron chi connectivity index (χ4n) is 2.92. The van der Waals surface area contributed by atoms with Gasteiger partial charge in [0.25, 0.3) is 5.69 Å². The van der Waals surface area contributed by atoms with E-state index >= 15 is 0 Å². The summed E-state index contributed by atoms with van der Waals surface area (Å²) in [5, 5.41) is 25.0. The molecule has 2 heterocycles. The predicted molar refractivity (Wildman–Crippen MR) is 85.9 cm³/mol. The van der Waals surface area contributed by atoms with E-state index in [0.717, 1.165) is 10.1 Å². The smallest absolute Gasteiger partial charge is 0.269 e. The summed E-state index contributed by atoms with van der Waals surface area (Å²) in [5.74, 6) is 1.10. The highest BCUT2D eigenvalue weighted by atomic mass is 16.7. The zero-order valence-corrected chi connectivity index (χ0v) is 12.7. The molecule has 0 fully saturated rings. The summed E-state index contributed by atoms with van der Waals surface area (Å²) in [6.07, 6.45) is 0. The second-order valence-corrected chi connectivity index (χ2v) is 5.50. The number of hydrogen-bond acceptors (Lipinski definition) is 5. The second kappa shape index (κ2) is 5.09. The van der Waals surface area contributed by atoms with E-state index in [1.54, 1.807) is 31.2 Å². The molecule has 1 aliphatic heterocycles. The number of nitrogens with zero attached hydrogens (tertiary/aromatic N) is 2. The molecule has 1 aliphatic rings. The second-order valence-electron chi connectivity index (χ2n) is 5.50. The van der Waals surface area contributed by atoms with Gasteiger partial charge in [-0.05, 0) is 29.7 Å². The van der Waals surface area contributed by atoms with Gasteiger partial charge in [-0.2, -0.15) is 4.73 Å². The summed E-state index contributed by atoms with van der Waals surface area (Å²) in [7, 11) is 0. The highest BCUT2D eigenvalue weighted by Gasteiger charge is 2.26. The third kappa shape index (κ3) is 2.02. The Morgan fingerprint density at radius 2 is 1.88 bits per heavy atom. The van der Waals surface area contributed by atoms with E-state index in [2.05, 4.69) is 0 Å². The summed E-state index contributed by atoms with van der Waals surface area (Å²) < 4.78 is 11.8. The van der Waals surface area contributed by atoms with Crippen molar-refractivity contribution in [1.82, 2.24) is 0 Å². The average Bonchev–Trinajstić information content (AvgIpc) is 3.05. The molecular weight excluding hydrogens is 312 g/mol. The third-order valence-electron chi connectivity index (χ3n) is 4.05. The van der Waals surface area contributed by atoms with Crippen LogP contribution >= 0.6 is 0 Å². The SMILES string of the molecule is Cc1cc2ccc3c(c2c(-c2ccc([N+](=O)[O-])cc2)[n+]1[O-])OCO3. The number of ether oxygens (including phenoxy) is 2. The lowest BCUT2D eigenvalue weighted by Gasteiger charge is -2.12. The number of rotatable bonds is 2. The molecule has 0 aliphatic carbocycles. The molecule has 0 saturated carbocycles. The van der Waals surface area contributed by atoms with Crippen molar-refractivity contribution >= 4 is 16.5 Å². The molecule has 0 atom stereocenters. The maximum Gasteiger partial charge on any atom is 0.269 e. The highest BCUT2D eigenvalue weighted by molar-refractivity contribution is 6.00. The van der Waals surface area contributed by atoms with E-state index < -0.39 is 4.92 Å². The molecule has 2 aromatic carbocycles. The number of hydrogen-bond donors (Lipinski definition) is 0. The van der Waals surface area contributed by atoms with Gasteiger partial charge in [0, 0.05) is 30.7 Å².